The van der Waals surface area contributed by atoms with E-state index in [4.69, 9.17) is 18.9 Å². The number of allylic oxidation sites excluding steroid dienone is 2. The Labute approximate surface area is 184 Å². The fraction of sp³-hybridized carbons (Fsp3) is 0.250. The Morgan fingerprint density at radius 2 is 1.94 bits per heavy atom. The van der Waals surface area contributed by atoms with Crippen molar-refractivity contribution < 1.29 is 18.7 Å². The first kappa shape index (κ1) is 20.0. The average Bonchev–Trinajstić information content (AvgIpc) is 3.41. The lowest BCUT2D eigenvalue weighted by atomic mass is 9.85. The van der Waals surface area contributed by atoms with E-state index in [2.05, 4.69) is 10.1 Å². The summed E-state index contributed by atoms with van der Waals surface area (Å²) >= 11 is 0. The lowest BCUT2D eigenvalue weighted by Crippen LogP contribution is -2.21. The van der Waals surface area contributed by atoms with Gasteiger partial charge in [-0.2, -0.15) is 0 Å². The van der Waals surface area contributed by atoms with Gasteiger partial charge in [0.2, 0.25) is 5.88 Å². The number of carbonyl (C=O) groups is 1. The maximum atomic E-state index is 12.5. The highest BCUT2D eigenvalue weighted by Crippen LogP contribution is 2.44. The predicted octanol–water partition coefficient (Wildman–Crippen LogP) is 4.30. The zero-order valence-corrected chi connectivity index (χ0v) is 18.2. The third-order valence-corrected chi connectivity index (χ3v) is 5.60. The largest absolute Gasteiger partial charge is 0.485 e. The van der Waals surface area contributed by atoms with Crippen LogP contribution < -0.4 is 9.47 Å². The first-order valence-corrected chi connectivity index (χ1v) is 10.3. The van der Waals surface area contributed by atoms with Gasteiger partial charge < -0.3 is 13.9 Å². The lowest BCUT2D eigenvalue weighted by molar-refractivity contribution is -0.114. The van der Waals surface area contributed by atoms with Gasteiger partial charge in [0.1, 0.15) is 30.2 Å². The smallest absolute Gasteiger partial charge is 0.228 e. The molecule has 1 aromatic carbocycles. The molecule has 32 heavy (non-hydrogen) atoms. The first-order chi connectivity index (χ1) is 15.4. The Bertz CT molecular complexity index is 1350. The molecule has 0 saturated heterocycles. The van der Waals surface area contributed by atoms with Crippen molar-refractivity contribution in [1.29, 1.82) is 0 Å². The number of para-hydroxylation sites is 1. The monoisotopic (exact) mass is 430 g/mol. The highest BCUT2D eigenvalue weighted by Gasteiger charge is 2.37. The van der Waals surface area contributed by atoms with Crippen LogP contribution in [0.1, 0.15) is 48.0 Å². The highest BCUT2D eigenvalue weighted by molar-refractivity contribution is 5.97. The normalized spacial score (nSPS) is 15.6. The standard InChI is InChI=1S/C24H22N4O4/c1-13-7-5-8-14(2)22(13)31-11-18-26-23-21-20(17-9-6-10-30-17)19(15(3)29)16(4)32-24(21)25-12-28(23)27-18/h5-10,12,20H,11H2,1-4H3/t20-/m1/s1. The van der Waals surface area contributed by atoms with Gasteiger partial charge >= 0.3 is 0 Å². The van der Waals surface area contributed by atoms with Crippen molar-refractivity contribution in [2.24, 2.45) is 0 Å². The number of fused-ring (bicyclic) bond motifs is 3. The molecule has 4 aromatic rings. The quantitative estimate of drug-likeness (QED) is 0.466. The van der Waals surface area contributed by atoms with E-state index in [-0.39, 0.29) is 12.4 Å². The molecule has 4 heterocycles. The van der Waals surface area contributed by atoms with E-state index in [1.54, 1.807) is 30.1 Å². The Hall–Kier alpha value is -3.94. The van der Waals surface area contributed by atoms with Crippen molar-refractivity contribution in [3.63, 3.8) is 0 Å². The second-order valence-electron chi connectivity index (χ2n) is 7.85. The van der Waals surface area contributed by atoms with E-state index < -0.39 is 5.92 Å². The molecule has 0 saturated carbocycles. The van der Waals surface area contributed by atoms with Gasteiger partial charge in [-0.3, -0.25) is 4.79 Å². The number of ketones is 1. The molecule has 0 spiro atoms. The topological polar surface area (TPSA) is 91.8 Å². The summed E-state index contributed by atoms with van der Waals surface area (Å²) < 4.78 is 19.2. The molecule has 1 atom stereocenters. The van der Waals surface area contributed by atoms with Crippen molar-refractivity contribution in [3.05, 3.63) is 82.5 Å². The van der Waals surface area contributed by atoms with Crippen molar-refractivity contribution in [1.82, 2.24) is 19.6 Å². The van der Waals surface area contributed by atoms with Crippen molar-refractivity contribution in [2.75, 3.05) is 0 Å². The summed E-state index contributed by atoms with van der Waals surface area (Å²) in [6, 6.07) is 9.63. The van der Waals surface area contributed by atoms with Crippen LogP contribution in [0.3, 0.4) is 0 Å². The van der Waals surface area contributed by atoms with Crippen molar-refractivity contribution >= 4 is 11.4 Å². The molecule has 0 fully saturated rings. The summed E-state index contributed by atoms with van der Waals surface area (Å²) in [6.45, 7) is 7.48. The molecule has 8 nitrogen and oxygen atoms in total. The van der Waals surface area contributed by atoms with Gasteiger partial charge in [-0.15, -0.1) is 5.10 Å². The number of hydrogen-bond donors (Lipinski definition) is 0. The summed E-state index contributed by atoms with van der Waals surface area (Å²) in [4.78, 5) is 21.7. The van der Waals surface area contributed by atoms with E-state index in [9.17, 15) is 4.79 Å². The Kier molecular flexibility index (Phi) is 4.77. The minimum absolute atomic E-state index is 0.102. The Morgan fingerprint density at radius 3 is 2.62 bits per heavy atom. The van der Waals surface area contributed by atoms with Gasteiger partial charge in [0, 0.05) is 5.57 Å². The van der Waals surface area contributed by atoms with Crippen LogP contribution in [-0.2, 0) is 11.4 Å². The van der Waals surface area contributed by atoms with Crippen molar-refractivity contribution in [2.45, 2.75) is 40.2 Å². The van der Waals surface area contributed by atoms with Gasteiger partial charge in [-0.25, -0.2) is 14.5 Å². The fourth-order valence-corrected chi connectivity index (χ4v) is 4.20. The SMILES string of the molecule is CC(=O)C1=C(C)Oc2ncn3nc(COc4c(C)cccc4C)nc3c2[C@@H]1c1ccco1. The molecule has 0 N–H and O–H groups in total. The number of rotatable bonds is 5. The summed E-state index contributed by atoms with van der Waals surface area (Å²) in [5.74, 6) is 2.23. The molecular formula is C24H22N4O4. The van der Waals surface area contributed by atoms with E-state index >= 15 is 0 Å². The van der Waals surface area contributed by atoms with Crippen LogP contribution >= 0.6 is 0 Å². The van der Waals surface area contributed by atoms with Gasteiger partial charge in [-0.1, -0.05) is 18.2 Å². The van der Waals surface area contributed by atoms with Crippen LogP contribution in [-0.4, -0.2) is 25.4 Å². The number of hydrogen-bond acceptors (Lipinski definition) is 7. The number of carbonyl (C=O) groups excluding carboxylic acids is 1. The summed E-state index contributed by atoms with van der Waals surface area (Å²) in [7, 11) is 0. The molecule has 0 amide bonds. The molecule has 3 aromatic heterocycles. The third kappa shape index (κ3) is 3.24. The van der Waals surface area contributed by atoms with E-state index in [1.807, 2.05) is 38.1 Å². The molecule has 1 aliphatic rings. The minimum atomic E-state index is -0.487. The first-order valence-electron chi connectivity index (χ1n) is 10.3. The predicted molar refractivity (Wildman–Crippen MR) is 116 cm³/mol. The lowest BCUT2D eigenvalue weighted by Gasteiger charge is -2.26. The molecule has 1 aliphatic heterocycles. The van der Waals surface area contributed by atoms with Crippen LogP contribution in [0.2, 0.25) is 0 Å². The van der Waals surface area contributed by atoms with Crippen molar-refractivity contribution in [3.8, 4) is 11.6 Å². The minimum Gasteiger partial charge on any atom is -0.485 e. The molecule has 0 radical (unpaired) electrons. The maximum absolute atomic E-state index is 12.5. The number of benzene rings is 1. The number of nitrogens with zero attached hydrogens (tertiary/aromatic N) is 4. The van der Waals surface area contributed by atoms with E-state index in [0.717, 1.165) is 16.9 Å². The Balaban J connectivity index is 1.59. The van der Waals surface area contributed by atoms with Crippen LogP contribution in [0.4, 0.5) is 0 Å². The average molecular weight is 430 g/mol. The summed E-state index contributed by atoms with van der Waals surface area (Å²) in [6.07, 6.45) is 3.13. The fourth-order valence-electron chi connectivity index (χ4n) is 4.20. The molecule has 0 bridgehead atoms. The molecule has 0 unspecified atom stereocenters. The maximum Gasteiger partial charge on any atom is 0.228 e. The molecular weight excluding hydrogens is 408 g/mol. The number of Topliss-reactive ketones (excluding diaryl/α,β-unsaturated/α-hetero) is 1. The van der Waals surface area contributed by atoms with Gasteiger partial charge in [0.15, 0.2) is 17.3 Å². The summed E-state index contributed by atoms with van der Waals surface area (Å²) in [5.41, 5.74) is 3.79. The molecule has 162 valence electrons. The van der Waals surface area contributed by atoms with Gasteiger partial charge in [0.25, 0.3) is 0 Å². The van der Waals surface area contributed by atoms with E-state index in [0.29, 0.717) is 40.0 Å². The van der Waals surface area contributed by atoms with Crippen LogP contribution in [0.25, 0.3) is 5.65 Å². The molecule has 8 heteroatoms. The highest BCUT2D eigenvalue weighted by atomic mass is 16.5. The van der Waals surface area contributed by atoms with E-state index in [1.165, 1.54) is 6.92 Å². The third-order valence-electron chi connectivity index (χ3n) is 5.60. The summed E-state index contributed by atoms with van der Waals surface area (Å²) in [5, 5.41) is 4.53. The number of aromatic nitrogens is 4. The van der Waals surface area contributed by atoms with Gasteiger partial charge in [-0.05, 0) is 51.0 Å². The molecule has 0 aliphatic carbocycles. The zero-order valence-electron chi connectivity index (χ0n) is 18.2. The number of furan rings is 1. The zero-order chi connectivity index (χ0) is 22.4. The number of aryl methyl sites for hydroxylation is 2. The number of ether oxygens (including phenoxy) is 2. The van der Waals surface area contributed by atoms with Crippen LogP contribution in [0.5, 0.6) is 11.6 Å². The van der Waals surface area contributed by atoms with Crippen LogP contribution in [0, 0.1) is 13.8 Å². The Morgan fingerprint density at radius 1 is 1.16 bits per heavy atom. The van der Waals surface area contributed by atoms with Gasteiger partial charge in [0.05, 0.1) is 17.7 Å². The molecule has 5 rings (SSSR count). The second-order valence-corrected chi connectivity index (χ2v) is 7.85. The second kappa shape index (κ2) is 7.64. The van der Waals surface area contributed by atoms with Crippen LogP contribution in [0.15, 0.2) is 58.7 Å².